The number of nitro groups is 1. The largest absolute Gasteiger partial charge is 0.418 e. The van der Waals surface area contributed by atoms with Crippen molar-refractivity contribution in [2.45, 2.75) is 12.5 Å². The number of hydrogen-bond donors (Lipinski definition) is 2. The number of halogens is 2. The van der Waals surface area contributed by atoms with Crippen LogP contribution in [0.5, 0.6) is 5.88 Å². The summed E-state index contributed by atoms with van der Waals surface area (Å²) in [5.74, 6) is 0.00116. The molecule has 4 rings (SSSR count). The van der Waals surface area contributed by atoms with Gasteiger partial charge in [0, 0.05) is 34.7 Å². The zero-order valence-corrected chi connectivity index (χ0v) is 17.9. The Labute approximate surface area is 187 Å². The first-order valence-corrected chi connectivity index (χ1v) is 10.1. The van der Waals surface area contributed by atoms with Gasteiger partial charge in [0.15, 0.2) is 0 Å². The van der Waals surface area contributed by atoms with Gasteiger partial charge in [-0.1, -0.05) is 35.3 Å². The minimum absolute atomic E-state index is 0.0209. The van der Waals surface area contributed by atoms with E-state index in [0.29, 0.717) is 15.7 Å². The zero-order valence-electron chi connectivity index (χ0n) is 16.4. The number of carbonyl (C=O) groups excluding carboxylic acids is 1. The average Bonchev–Trinajstić information content (AvgIpc) is 3.17. The summed E-state index contributed by atoms with van der Waals surface area (Å²) in [4.78, 5) is 27.1. The van der Waals surface area contributed by atoms with E-state index in [0.717, 1.165) is 42.0 Å². The Morgan fingerprint density at radius 2 is 2.10 bits per heavy atom. The van der Waals surface area contributed by atoms with Gasteiger partial charge in [0.25, 0.3) is 5.69 Å². The summed E-state index contributed by atoms with van der Waals surface area (Å²) in [5.41, 5.74) is 3.43. The Hall–Kier alpha value is -3.07. The van der Waals surface area contributed by atoms with E-state index < -0.39 is 11.0 Å². The second kappa shape index (κ2) is 8.58. The van der Waals surface area contributed by atoms with Crippen LogP contribution in [0, 0.1) is 10.1 Å². The summed E-state index contributed by atoms with van der Waals surface area (Å²) in [6, 6.07) is 12.2. The molecule has 1 aromatic heterocycles. The summed E-state index contributed by atoms with van der Waals surface area (Å²) in [7, 11) is 2.02. The monoisotopic (exact) mass is 460 g/mol. The number of aromatic nitrogens is 1. The first-order chi connectivity index (χ1) is 14.8. The first kappa shape index (κ1) is 21.2. The summed E-state index contributed by atoms with van der Waals surface area (Å²) < 4.78 is 5.09. The molecule has 3 aromatic rings. The number of aromatic amines is 1. The van der Waals surface area contributed by atoms with Crippen LogP contribution in [0.1, 0.15) is 22.6 Å². The summed E-state index contributed by atoms with van der Waals surface area (Å²) >= 11 is 12.7. The third-order valence-corrected chi connectivity index (χ3v) is 5.64. The van der Waals surface area contributed by atoms with Crippen LogP contribution in [0.4, 0.5) is 16.2 Å². The van der Waals surface area contributed by atoms with Gasteiger partial charge in [-0.3, -0.25) is 15.4 Å². The molecule has 0 fully saturated rings. The van der Waals surface area contributed by atoms with Crippen molar-refractivity contribution in [1.29, 1.82) is 0 Å². The Balaban J connectivity index is 1.55. The molecule has 0 aliphatic carbocycles. The highest BCUT2D eigenvalue weighted by atomic mass is 35.5. The van der Waals surface area contributed by atoms with E-state index in [1.54, 1.807) is 12.1 Å². The Bertz CT molecular complexity index is 1160. The fraction of sp³-hybridized carbons (Fsp3) is 0.190. The maximum absolute atomic E-state index is 12.2. The molecule has 1 amide bonds. The van der Waals surface area contributed by atoms with Crippen molar-refractivity contribution < 1.29 is 14.5 Å². The maximum Gasteiger partial charge on any atom is 0.418 e. The van der Waals surface area contributed by atoms with Gasteiger partial charge in [-0.05, 0) is 48.0 Å². The lowest BCUT2D eigenvalue weighted by Crippen LogP contribution is -2.31. The Kier molecular flexibility index (Phi) is 5.86. The molecule has 160 valence electrons. The molecule has 31 heavy (non-hydrogen) atoms. The van der Waals surface area contributed by atoms with E-state index in [4.69, 9.17) is 27.9 Å². The van der Waals surface area contributed by atoms with Crippen LogP contribution in [0.15, 0.2) is 48.7 Å². The fourth-order valence-corrected chi connectivity index (χ4v) is 4.30. The van der Waals surface area contributed by atoms with E-state index >= 15 is 0 Å². The minimum atomic E-state index is -0.763. The maximum atomic E-state index is 12.2. The van der Waals surface area contributed by atoms with Crippen LogP contribution in [-0.2, 0) is 6.54 Å². The topological polar surface area (TPSA) is 100 Å². The number of likely N-dealkylation sites (N-methyl/N-ethyl adjacent to an activating group) is 1. The standard InChI is InChI=1S/C21H18Cl2N4O4/c1-26-10-17(16-6-13(22)7-19(23)18(16)11-26)12-3-2-4-14(5-12)25-21(28)31-20-8-15(9-24-20)27(29)30/h2-9,17,24H,10-11H2,1H3,(H,25,28). The molecule has 2 heterocycles. The molecule has 10 heteroatoms. The molecule has 1 aliphatic heterocycles. The predicted octanol–water partition coefficient (Wildman–Crippen LogP) is 5.42. The molecule has 0 saturated heterocycles. The van der Waals surface area contributed by atoms with E-state index in [-0.39, 0.29) is 17.5 Å². The lowest BCUT2D eigenvalue weighted by atomic mass is 9.84. The predicted molar refractivity (Wildman–Crippen MR) is 118 cm³/mol. The van der Waals surface area contributed by atoms with Crippen LogP contribution in [0.2, 0.25) is 10.0 Å². The number of nitrogens with zero attached hydrogens (tertiary/aromatic N) is 2. The number of ether oxygens (including phenoxy) is 1. The van der Waals surface area contributed by atoms with Crippen LogP contribution in [-0.4, -0.2) is 34.5 Å². The van der Waals surface area contributed by atoms with Gasteiger partial charge in [-0.25, -0.2) is 4.79 Å². The molecule has 8 nitrogen and oxygen atoms in total. The van der Waals surface area contributed by atoms with Gasteiger partial charge in [0.2, 0.25) is 5.88 Å². The van der Waals surface area contributed by atoms with Crippen molar-refractivity contribution in [3.63, 3.8) is 0 Å². The second-order valence-electron chi connectivity index (χ2n) is 7.32. The number of H-pyrrole nitrogens is 1. The van der Waals surface area contributed by atoms with Crippen LogP contribution >= 0.6 is 23.2 Å². The number of benzene rings is 2. The van der Waals surface area contributed by atoms with Crippen molar-refractivity contribution in [1.82, 2.24) is 9.88 Å². The highest BCUT2D eigenvalue weighted by Crippen LogP contribution is 2.38. The van der Waals surface area contributed by atoms with Gasteiger partial charge in [0.1, 0.15) is 0 Å². The third kappa shape index (κ3) is 4.66. The van der Waals surface area contributed by atoms with Crippen molar-refractivity contribution in [2.75, 3.05) is 18.9 Å². The van der Waals surface area contributed by atoms with Crippen molar-refractivity contribution in [3.8, 4) is 5.88 Å². The van der Waals surface area contributed by atoms with Gasteiger partial charge in [0.05, 0.1) is 17.2 Å². The Morgan fingerprint density at radius 1 is 1.29 bits per heavy atom. The van der Waals surface area contributed by atoms with E-state index in [2.05, 4.69) is 15.2 Å². The number of amides is 1. The summed E-state index contributed by atoms with van der Waals surface area (Å²) in [6.45, 7) is 1.50. The number of carbonyl (C=O) groups is 1. The van der Waals surface area contributed by atoms with Gasteiger partial charge in [-0.15, -0.1) is 0 Å². The van der Waals surface area contributed by atoms with Crippen LogP contribution < -0.4 is 10.1 Å². The Morgan fingerprint density at radius 3 is 2.84 bits per heavy atom. The number of hydrogen-bond acceptors (Lipinski definition) is 5. The summed E-state index contributed by atoms with van der Waals surface area (Å²) in [6.07, 6.45) is 0.386. The van der Waals surface area contributed by atoms with Gasteiger partial charge < -0.3 is 14.6 Å². The first-order valence-electron chi connectivity index (χ1n) is 9.38. The molecule has 0 bridgehead atoms. The minimum Gasteiger partial charge on any atom is -0.393 e. The fourth-order valence-electron chi connectivity index (χ4n) is 3.73. The van der Waals surface area contributed by atoms with Gasteiger partial charge in [-0.2, -0.15) is 0 Å². The number of anilines is 1. The average molecular weight is 461 g/mol. The third-order valence-electron chi connectivity index (χ3n) is 5.08. The van der Waals surface area contributed by atoms with E-state index in [1.165, 1.54) is 0 Å². The van der Waals surface area contributed by atoms with Crippen LogP contribution in [0.3, 0.4) is 0 Å². The zero-order chi connectivity index (χ0) is 22.1. The molecule has 1 unspecified atom stereocenters. The van der Waals surface area contributed by atoms with Crippen molar-refractivity contribution >= 4 is 40.7 Å². The molecule has 1 atom stereocenters. The highest BCUT2D eigenvalue weighted by molar-refractivity contribution is 6.35. The lowest BCUT2D eigenvalue weighted by molar-refractivity contribution is -0.384. The van der Waals surface area contributed by atoms with Crippen molar-refractivity contribution in [3.05, 3.63) is 85.5 Å². The summed E-state index contributed by atoms with van der Waals surface area (Å²) in [5, 5.41) is 14.6. The molecular formula is C21H18Cl2N4O4. The SMILES string of the molecule is CN1Cc2c(Cl)cc(Cl)cc2C(c2cccc(NC(=O)Oc3cc([N+](=O)[O-])c[nH]3)c2)C1. The van der Waals surface area contributed by atoms with Crippen LogP contribution in [0.25, 0.3) is 0 Å². The molecule has 1 aliphatic rings. The number of nitrogens with one attached hydrogen (secondary N) is 2. The quantitative estimate of drug-likeness (QED) is 0.399. The molecule has 0 saturated carbocycles. The van der Waals surface area contributed by atoms with Crippen molar-refractivity contribution in [2.24, 2.45) is 0 Å². The van der Waals surface area contributed by atoms with Gasteiger partial charge >= 0.3 is 6.09 Å². The number of fused-ring (bicyclic) bond motifs is 1. The van der Waals surface area contributed by atoms with E-state index in [9.17, 15) is 14.9 Å². The second-order valence-corrected chi connectivity index (χ2v) is 8.17. The lowest BCUT2D eigenvalue weighted by Gasteiger charge is -2.33. The molecular weight excluding hydrogens is 443 g/mol. The molecule has 2 N–H and O–H groups in total. The van der Waals surface area contributed by atoms with E-state index in [1.807, 2.05) is 31.3 Å². The smallest absolute Gasteiger partial charge is 0.393 e. The molecule has 0 radical (unpaired) electrons. The molecule has 0 spiro atoms. The highest BCUT2D eigenvalue weighted by Gasteiger charge is 2.27. The normalized spacial score (nSPS) is 15.9. The molecule has 2 aromatic carbocycles. The number of rotatable bonds is 4.